The molecule has 2 N–H and O–H groups in total. The van der Waals surface area contributed by atoms with E-state index in [0.717, 1.165) is 18.4 Å². The van der Waals surface area contributed by atoms with E-state index in [-0.39, 0.29) is 22.7 Å². The van der Waals surface area contributed by atoms with Gasteiger partial charge in [-0.05, 0) is 49.6 Å². The summed E-state index contributed by atoms with van der Waals surface area (Å²) in [5, 5.41) is 5.25. The van der Waals surface area contributed by atoms with E-state index in [1.54, 1.807) is 32.0 Å². The molecule has 0 atom stereocenters. The van der Waals surface area contributed by atoms with Gasteiger partial charge in [0.25, 0.3) is 15.9 Å². The van der Waals surface area contributed by atoms with Crippen molar-refractivity contribution in [3.63, 3.8) is 0 Å². The molecule has 1 aromatic heterocycles. The Morgan fingerprint density at radius 3 is 2.41 bits per heavy atom. The molecule has 0 spiro atoms. The quantitative estimate of drug-likeness (QED) is 0.747. The molecule has 1 aromatic carbocycles. The largest absolute Gasteiger partial charge is 0.438 e. The first-order valence-corrected chi connectivity index (χ1v) is 11.0. The summed E-state index contributed by atoms with van der Waals surface area (Å²) in [4.78, 5) is 24.5. The molecule has 29 heavy (non-hydrogen) atoms. The average Bonchev–Trinajstić information content (AvgIpc) is 3.36. The van der Waals surface area contributed by atoms with Crippen LogP contribution in [0.3, 0.4) is 0 Å². The summed E-state index contributed by atoms with van der Waals surface area (Å²) in [6.07, 6.45) is 1.63. The lowest BCUT2D eigenvalue weighted by atomic mass is 10.1. The molecule has 3 rings (SSSR count). The Morgan fingerprint density at radius 1 is 1.07 bits per heavy atom. The van der Waals surface area contributed by atoms with Crippen LogP contribution in [0.25, 0.3) is 0 Å². The number of hydrogen-bond acceptors (Lipinski definition) is 5. The van der Waals surface area contributed by atoms with Crippen molar-refractivity contribution >= 4 is 33.2 Å². The smallest absolute Gasteiger partial charge is 0.291 e. The molecular formula is C20H25N3O5S. The van der Waals surface area contributed by atoms with Crippen LogP contribution in [0.4, 0.5) is 11.4 Å². The van der Waals surface area contributed by atoms with Crippen LogP contribution in [0.1, 0.15) is 42.8 Å². The van der Waals surface area contributed by atoms with Gasteiger partial charge in [0, 0.05) is 30.4 Å². The minimum absolute atomic E-state index is 0.0983. The van der Waals surface area contributed by atoms with Crippen molar-refractivity contribution in [2.24, 2.45) is 5.92 Å². The fraction of sp³-hybridized carbons (Fsp3) is 0.400. The predicted molar refractivity (Wildman–Crippen MR) is 109 cm³/mol. The Kier molecular flexibility index (Phi) is 6.09. The van der Waals surface area contributed by atoms with Gasteiger partial charge in [-0.25, -0.2) is 8.42 Å². The lowest BCUT2D eigenvalue weighted by molar-refractivity contribution is -0.118. The molecule has 1 aliphatic heterocycles. The van der Waals surface area contributed by atoms with Gasteiger partial charge in [0.05, 0.1) is 0 Å². The number of hydrogen-bond donors (Lipinski definition) is 2. The molecule has 0 aliphatic carbocycles. The molecule has 8 nitrogen and oxygen atoms in total. The molecule has 156 valence electrons. The number of rotatable bonds is 6. The van der Waals surface area contributed by atoms with Crippen LogP contribution in [0.2, 0.25) is 0 Å². The van der Waals surface area contributed by atoms with Gasteiger partial charge in [-0.15, -0.1) is 0 Å². The van der Waals surface area contributed by atoms with Gasteiger partial charge < -0.3 is 15.1 Å². The van der Waals surface area contributed by atoms with E-state index >= 15 is 0 Å². The van der Waals surface area contributed by atoms with Gasteiger partial charge in [-0.1, -0.05) is 19.9 Å². The maximum atomic E-state index is 12.6. The minimum Gasteiger partial charge on any atom is -0.438 e. The van der Waals surface area contributed by atoms with E-state index in [1.165, 1.54) is 16.4 Å². The van der Waals surface area contributed by atoms with Crippen molar-refractivity contribution in [2.45, 2.75) is 38.7 Å². The van der Waals surface area contributed by atoms with E-state index in [4.69, 9.17) is 4.42 Å². The number of sulfonamides is 1. The van der Waals surface area contributed by atoms with Crippen LogP contribution >= 0.6 is 0 Å². The van der Waals surface area contributed by atoms with Gasteiger partial charge in [-0.2, -0.15) is 4.31 Å². The zero-order chi connectivity index (χ0) is 21.2. The highest BCUT2D eigenvalue weighted by Gasteiger charge is 2.30. The van der Waals surface area contributed by atoms with E-state index < -0.39 is 15.9 Å². The molecule has 0 radical (unpaired) electrons. The Hall–Kier alpha value is -2.65. The van der Waals surface area contributed by atoms with Crippen LogP contribution in [0.5, 0.6) is 0 Å². The van der Waals surface area contributed by atoms with Crippen molar-refractivity contribution in [3.8, 4) is 0 Å². The first-order valence-electron chi connectivity index (χ1n) is 9.51. The number of nitrogens with one attached hydrogen (secondary N) is 2. The van der Waals surface area contributed by atoms with Crippen molar-refractivity contribution in [1.82, 2.24) is 4.31 Å². The second-order valence-corrected chi connectivity index (χ2v) is 9.23. The molecular weight excluding hydrogens is 394 g/mol. The van der Waals surface area contributed by atoms with E-state index in [2.05, 4.69) is 10.6 Å². The monoisotopic (exact) mass is 419 g/mol. The van der Waals surface area contributed by atoms with Crippen LogP contribution in [-0.2, 0) is 14.8 Å². The van der Waals surface area contributed by atoms with E-state index in [0.29, 0.717) is 24.5 Å². The van der Waals surface area contributed by atoms with Gasteiger partial charge in [-0.3, -0.25) is 9.59 Å². The molecule has 0 bridgehead atoms. The normalized spacial score (nSPS) is 14.9. The Labute approximate surface area is 170 Å². The third kappa shape index (κ3) is 4.68. The number of furan rings is 1. The fourth-order valence-corrected chi connectivity index (χ4v) is 4.37. The summed E-state index contributed by atoms with van der Waals surface area (Å²) in [7, 11) is -3.72. The number of carbonyl (C=O) groups is 2. The van der Waals surface area contributed by atoms with Crippen LogP contribution in [0, 0.1) is 12.8 Å². The number of aryl methyl sites for hydroxylation is 1. The Morgan fingerprint density at radius 2 is 1.76 bits per heavy atom. The van der Waals surface area contributed by atoms with E-state index in [1.807, 2.05) is 6.92 Å². The summed E-state index contributed by atoms with van der Waals surface area (Å²) in [5.74, 6) is -0.968. The summed E-state index contributed by atoms with van der Waals surface area (Å²) in [6, 6.07) is 7.82. The van der Waals surface area contributed by atoms with Gasteiger partial charge in [0.1, 0.15) is 0 Å². The molecule has 1 saturated heterocycles. The number of nitrogens with zero attached hydrogens (tertiary/aromatic N) is 1. The number of anilines is 2. The number of carbonyl (C=O) groups excluding carboxylic acids is 2. The number of amides is 2. The van der Waals surface area contributed by atoms with Crippen molar-refractivity contribution in [1.29, 1.82) is 0 Å². The molecule has 9 heteroatoms. The van der Waals surface area contributed by atoms with Gasteiger partial charge in [0.15, 0.2) is 5.76 Å². The Balaban J connectivity index is 1.75. The SMILES string of the molecule is Cc1ccc(NC(=O)C(C)C)cc1NC(=O)c1ccc(S(=O)(=O)N2CCCC2)o1. The minimum atomic E-state index is -3.72. The summed E-state index contributed by atoms with van der Waals surface area (Å²) in [6.45, 7) is 6.31. The topological polar surface area (TPSA) is 109 Å². The summed E-state index contributed by atoms with van der Waals surface area (Å²) in [5.41, 5.74) is 1.84. The third-order valence-electron chi connectivity index (χ3n) is 4.74. The van der Waals surface area contributed by atoms with Crippen molar-refractivity contribution in [2.75, 3.05) is 23.7 Å². The van der Waals surface area contributed by atoms with Crippen molar-refractivity contribution in [3.05, 3.63) is 41.7 Å². The highest BCUT2D eigenvalue weighted by atomic mass is 32.2. The maximum Gasteiger partial charge on any atom is 0.291 e. The molecule has 2 amide bonds. The van der Waals surface area contributed by atoms with Crippen LogP contribution in [-0.4, -0.2) is 37.6 Å². The van der Waals surface area contributed by atoms with Gasteiger partial charge >= 0.3 is 0 Å². The second kappa shape index (κ2) is 8.38. The lowest BCUT2D eigenvalue weighted by Gasteiger charge is -2.13. The summed E-state index contributed by atoms with van der Waals surface area (Å²) < 4.78 is 31.8. The maximum absolute atomic E-state index is 12.6. The molecule has 0 unspecified atom stereocenters. The standard InChI is InChI=1S/C20H25N3O5S/c1-13(2)19(24)21-15-7-6-14(3)16(12-15)22-20(25)17-8-9-18(28-17)29(26,27)23-10-4-5-11-23/h6-9,12-13H,4-5,10-11H2,1-3H3,(H,21,24)(H,22,25). The molecule has 1 fully saturated rings. The lowest BCUT2D eigenvalue weighted by Crippen LogP contribution is -2.27. The zero-order valence-electron chi connectivity index (χ0n) is 16.7. The van der Waals surface area contributed by atoms with Gasteiger partial charge in [0.2, 0.25) is 11.0 Å². The zero-order valence-corrected chi connectivity index (χ0v) is 17.5. The predicted octanol–water partition coefficient (Wildman–Crippen LogP) is 3.22. The van der Waals surface area contributed by atoms with E-state index in [9.17, 15) is 18.0 Å². The Bertz CT molecular complexity index is 1020. The second-order valence-electron chi connectivity index (χ2n) is 7.36. The molecule has 1 aliphatic rings. The molecule has 0 saturated carbocycles. The first-order chi connectivity index (χ1) is 13.7. The fourth-order valence-electron chi connectivity index (χ4n) is 2.94. The van der Waals surface area contributed by atoms with Crippen LogP contribution in [0.15, 0.2) is 39.8 Å². The number of benzene rings is 1. The average molecular weight is 420 g/mol. The third-order valence-corrected chi connectivity index (χ3v) is 6.51. The molecule has 2 aromatic rings. The highest BCUT2D eigenvalue weighted by Crippen LogP contribution is 2.25. The summed E-state index contributed by atoms with van der Waals surface area (Å²) >= 11 is 0. The van der Waals surface area contributed by atoms with Crippen LogP contribution < -0.4 is 10.6 Å². The molecule has 2 heterocycles. The first kappa shape index (κ1) is 21.1. The van der Waals surface area contributed by atoms with Crippen molar-refractivity contribution < 1.29 is 22.4 Å². The highest BCUT2D eigenvalue weighted by molar-refractivity contribution is 7.89.